The highest BCUT2D eigenvalue weighted by molar-refractivity contribution is 5.97. The van der Waals surface area contributed by atoms with Crippen molar-refractivity contribution in [1.82, 2.24) is 4.98 Å². The number of aromatic nitrogens is 1. The lowest BCUT2D eigenvalue weighted by molar-refractivity contribution is -0.123. The molecule has 0 aliphatic carbocycles. The average molecular weight is 259 g/mol. The van der Waals surface area contributed by atoms with Crippen molar-refractivity contribution in [1.29, 1.82) is 5.26 Å². The monoisotopic (exact) mass is 259 g/mol. The summed E-state index contributed by atoms with van der Waals surface area (Å²) in [4.78, 5) is 16.5. The zero-order valence-electron chi connectivity index (χ0n) is 11.9. The molecule has 1 aromatic heterocycles. The minimum Gasteiger partial charge on any atom is -0.325 e. The maximum atomic E-state index is 12.4. The molecule has 0 aliphatic rings. The minimum atomic E-state index is -0.916. The lowest BCUT2D eigenvalue weighted by Gasteiger charge is -2.24. The molecular formula is C15H21N3O. The van der Waals surface area contributed by atoms with Gasteiger partial charge in [0.05, 0.1) is 6.07 Å². The molecule has 0 fully saturated rings. The van der Waals surface area contributed by atoms with Gasteiger partial charge in [-0.1, -0.05) is 26.7 Å². The highest BCUT2D eigenvalue weighted by Crippen LogP contribution is 2.30. The zero-order valence-corrected chi connectivity index (χ0v) is 11.9. The topological polar surface area (TPSA) is 65.8 Å². The van der Waals surface area contributed by atoms with Gasteiger partial charge < -0.3 is 5.32 Å². The van der Waals surface area contributed by atoms with Gasteiger partial charge in [-0.25, -0.2) is 0 Å². The summed E-state index contributed by atoms with van der Waals surface area (Å²) in [6, 6.07) is 5.77. The van der Waals surface area contributed by atoms with E-state index < -0.39 is 5.41 Å². The summed E-state index contributed by atoms with van der Waals surface area (Å²) in [5.41, 5.74) is 0.622. The third kappa shape index (κ3) is 3.78. The summed E-state index contributed by atoms with van der Waals surface area (Å²) in [7, 11) is 0. The van der Waals surface area contributed by atoms with Crippen LogP contribution < -0.4 is 5.32 Å². The normalized spacial score (nSPS) is 10.8. The van der Waals surface area contributed by atoms with Crippen LogP contribution in [0.5, 0.6) is 0 Å². The number of hydrogen-bond acceptors (Lipinski definition) is 3. The summed E-state index contributed by atoms with van der Waals surface area (Å²) >= 11 is 0. The largest absolute Gasteiger partial charge is 0.325 e. The van der Waals surface area contributed by atoms with Crippen LogP contribution in [0.15, 0.2) is 18.3 Å². The number of carbonyl (C=O) groups excluding carboxylic acids is 1. The van der Waals surface area contributed by atoms with Gasteiger partial charge in [0.1, 0.15) is 5.41 Å². The molecule has 102 valence electrons. The number of rotatable bonds is 6. The number of aryl methyl sites for hydroxylation is 1. The number of amides is 1. The Morgan fingerprint density at radius 1 is 1.42 bits per heavy atom. The molecule has 0 unspecified atom stereocenters. The molecule has 19 heavy (non-hydrogen) atoms. The Balaban J connectivity index is 2.91. The van der Waals surface area contributed by atoms with E-state index in [9.17, 15) is 10.1 Å². The van der Waals surface area contributed by atoms with E-state index >= 15 is 0 Å². The number of anilines is 1. The number of hydrogen-bond donors (Lipinski definition) is 1. The van der Waals surface area contributed by atoms with Crippen LogP contribution in [0.1, 0.15) is 45.2 Å². The van der Waals surface area contributed by atoms with E-state index in [2.05, 4.69) is 16.4 Å². The predicted molar refractivity (Wildman–Crippen MR) is 75.5 cm³/mol. The second-order valence-corrected chi connectivity index (χ2v) is 4.83. The summed E-state index contributed by atoms with van der Waals surface area (Å²) < 4.78 is 0. The van der Waals surface area contributed by atoms with Crippen LogP contribution in [0.25, 0.3) is 0 Å². The first-order valence-electron chi connectivity index (χ1n) is 6.73. The van der Waals surface area contributed by atoms with E-state index in [1.807, 2.05) is 20.8 Å². The van der Waals surface area contributed by atoms with E-state index in [1.54, 1.807) is 18.3 Å². The molecule has 1 rings (SSSR count). The van der Waals surface area contributed by atoms with Crippen LogP contribution in [0, 0.1) is 23.7 Å². The summed E-state index contributed by atoms with van der Waals surface area (Å²) in [6.45, 7) is 5.85. The van der Waals surface area contributed by atoms with Gasteiger partial charge in [0.15, 0.2) is 0 Å². The molecule has 1 amide bonds. The van der Waals surface area contributed by atoms with Gasteiger partial charge in [-0.3, -0.25) is 9.78 Å². The van der Waals surface area contributed by atoms with Gasteiger partial charge in [-0.15, -0.1) is 0 Å². The van der Waals surface area contributed by atoms with Crippen LogP contribution >= 0.6 is 0 Å². The second-order valence-electron chi connectivity index (χ2n) is 4.83. The molecule has 1 heterocycles. The number of pyridine rings is 1. The fraction of sp³-hybridized carbons (Fsp3) is 0.533. The highest BCUT2D eigenvalue weighted by atomic mass is 16.2. The van der Waals surface area contributed by atoms with Crippen molar-refractivity contribution in [3.05, 3.63) is 24.0 Å². The Labute approximate surface area is 114 Å². The van der Waals surface area contributed by atoms with Crippen molar-refractivity contribution in [2.75, 3.05) is 5.32 Å². The molecule has 0 saturated carbocycles. The van der Waals surface area contributed by atoms with Crippen molar-refractivity contribution in [2.24, 2.45) is 5.41 Å². The third-order valence-corrected chi connectivity index (χ3v) is 3.16. The van der Waals surface area contributed by atoms with Crippen LogP contribution in [-0.4, -0.2) is 10.9 Å². The smallest absolute Gasteiger partial charge is 0.244 e. The molecule has 0 aromatic carbocycles. The number of carbonyl (C=O) groups is 1. The Hall–Kier alpha value is -1.89. The van der Waals surface area contributed by atoms with E-state index in [0.29, 0.717) is 18.5 Å². The standard InChI is InChI=1S/C15H21N3O/c1-4-7-15(11-16,8-5-2)14(19)18-13-6-9-17-12(3)10-13/h6,9-10H,4-5,7-8H2,1-3H3,(H,17,18,19). The molecular weight excluding hydrogens is 238 g/mol. The SMILES string of the molecule is CCCC(C#N)(CCC)C(=O)Nc1ccnc(C)c1. The first-order chi connectivity index (χ1) is 9.07. The summed E-state index contributed by atoms with van der Waals surface area (Å²) in [5.74, 6) is -0.204. The molecule has 0 radical (unpaired) electrons. The number of nitriles is 1. The molecule has 0 bridgehead atoms. The van der Waals surface area contributed by atoms with Gasteiger partial charge in [0, 0.05) is 17.6 Å². The maximum absolute atomic E-state index is 12.4. The lowest BCUT2D eigenvalue weighted by atomic mass is 9.79. The van der Waals surface area contributed by atoms with Crippen molar-refractivity contribution >= 4 is 11.6 Å². The first kappa shape index (κ1) is 15.2. The van der Waals surface area contributed by atoms with E-state index in [-0.39, 0.29) is 5.91 Å². The first-order valence-corrected chi connectivity index (χ1v) is 6.73. The summed E-state index contributed by atoms with van der Waals surface area (Å²) in [6.07, 6.45) is 4.46. The van der Waals surface area contributed by atoms with Gasteiger partial charge in [-0.05, 0) is 31.9 Å². The van der Waals surface area contributed by atoms with E-state index in [0.717, 1.165) is 18.5 Å². The van der Waals surface area contributed by atoms with Crippen molar-refractivity contribution in [3.63, 3.8) is 0 Å². The summed E-state index contributed by atoms with van der Waals surface area (Å²) in [5, 5.41) is 12.3. The van der Waals surface area contributed by atoms with Crippen molar-refractivity contribution < 1.29 is 4.79 Å². The van der Waals surface area contributed by atoms with Gasteiger partial charge in [0.2, 0.25) is 5.91 Å². The average Bonchev–Trinajstić information content (AvgIpc) is 2.38. The Morgan fingerprint density at radius 2 is 2.05 bits per heavy atom. The highest BCUT2D eigenvalue weighted by Gasteiger charge is 2.36. The molecule has 0 saturated heterocycles. The van der Waals surface area contributed by atoms with E-state index in [4.69, 9.17) is 0 Å². The Kier molecular flexibility index (Phi) is 5.50. The van der Waals surface area contributed by atoms with Crippen molar-refractivity contribution in [2.45, 2.75) is 46.5 Å². The lowest BCUT2D eigenvalue weighted by Crippen LogP contribution is -2.35. The minimum absolute atomic E-state index is 0.204. The van der Waals surface area contributed by atoms with Crippen LogP contribution in [0.3, 0.4) is 0 Å². The quantitative estimate of drug-likeness (QED) is 0.851. The van der Waals surface area contributed by atoms with Crippen molar-refractivity contribution in [3.8, 4) is 6.07 Å². The zero-order chi connectivity index (χ0) is 14.3. The molecule has 0 spiro atoms. The fourth-order valence-electron chi connectivity index (χ4n) is 2.24. The van der Waals surface area contributed by atoms with Crippen LogP contribution in [0.2, 0.25) is 0 Å². The maximum Gasteiger partial charge on any atom is 0.244 e. The molecule has 0 atom stereocenters. The molecule has 4 nitrogen and oxygen atoms in total. The van der Waals surface area contributed by atoms with Gasteiger partial charge in [0.25, 0.3) is 0 Å². The fourth-order valence-corrected chi connectivity index (χ4v) is 2.24. The van der Waals surface area contributed by atoms with Crippen LogP contribution in [0.4, 0.5) is 5.69 Å². The molecule has 0 aliphatic heterocycles. The Morgan fingerprint density at radius 3 is 2.53 bits per heavy atom. The Bertz CT molecular complexity index is 471. The van der Waals surface area contributed by atoms with Gasteiger partial charge >= 0.3 is 0 Å². The van der Waals surface area contributed by atoms with Gasteiger partial charge in [-0.2, -0.15) is 5.26 Å². The predicted octanol–water partition coefficient (Wildman–Crippen LogP) is 3.44. The molecule has 1 aromatic rings. The number of nitrogens with one attached hydrogen (secondary N) is 1. The number of nitrogens with zero attached hydrogens (tertiary/aromatic N) is 2. The third-order valence-electron chi connectivity index (χ3n) is 3.16. The van der Waals surface area contributed by atoms with E-state index in [1.165, 1.54) is 0 Å². The molecule has 1 N–H and O–H groups in total. The van der Waals surface area contributed by atoms with Crippen LogP contribution in [-0.2, 0) is 4.79 Å². The second kappa shape index (κ2) is 6.89. The molecule has 4 heteroatoms.